The van der Waals surface area contributed by atoms with Gasteiger partial charge in [-0.1, -0.05) is 264 Å². The van der Waals surface area contributed by atoms with Gasteiger partial charge in [-0.05, 0) is 116 Å². The molecule has 0 aliphatic carbocycles. The standard InChI is InChI=1S/C69H114O6/c1-4-7-10-13-15-17-19-21-23-25-27-29-31-33-34-36-37-39-41-43-45-47-49-51-53-56-59-62-68(71)74-65-66(64-73-67(70)61-58-55-12-9-6-3)75-69(72)63-60-57-54-52-50-48-46-44-42-40-38-35-32-30-28-26-24-22-20-18-16-14-11-8-5-2/h7,10,15,17,20-23,26-29,32-35,37,39,43,45,66H,4-6,8-9,11-14,16,18-19,24-25,30-31,36,38,40-42,44,46-65H2,1-3H3/b10-7-,17-15-,22-20-,23-21-,28-26-,29-27-,34-33-,35-32-,39-37-,45-43-. The Morgan fingerprint density at radius 2 is 0.520 bits per heavy atom. The zero-order chi connectivity index (χ0) is 54.3. The number of rotatable bonds is 55. The zero-order valence-electron chi connectivity index (χ0n) is 48.8. The van der Waals surface area contributed by atoms with E-state index < -0.39 is 6.10 Å². The number of ether oxygens (including phenoxy) is 3. The number of hydrogen-bond acceptors (Lipinski definition) is 6. The van der Waals surface area contributed by atoms with Crippen LogP contribution in [0.4, 0.5) is 0 Å². The minimum absolute atomic E-state index is 0.0887. The fraction of sp³-hybridized carbons (Fsp3) is 0.667. The highest BCUT2D eigenvalue weighted by Gasteiger charge is 2.19. The molecule has 0 aromatic rings. The topological polar surface area (TPSA) is 78.9 Å². The van der Waals surface area contributed by atoms with E-state index in [2.05, 4.69) is 142 Å². The van der Waals surface area contributed by atoms with Gasteiger partial charge in [0, 0.05) is 19.3 Å². The smallest absolute Gasteiger partial charge is 0.306 e. The Morgan fingerprint density at radius 1 is 0.280 bits per heavy atom. The van der Waals surface area contributed by atoms with Crippen molar-refractivity contribution < 1.29 is 28.6 Å². The molecule has 0 amide bonds. The molecular weight excluding hydrogens is 925 g/mol. The summed E-state index contributed by atoms with van der Waals surface area (Å²) in [5.41, 5.74) is 0. The van der Waals surface area contributed by atoms with Crippen LogP contribution in [0, 0.1) is 0 Å². The van der Waals surface area contributed by atoms with E-state index in [0.717, 1.165) is 141 Å². The predicted molar refractivity (Wildman–Crippen MR) is 325 cm³/mol. The number of unbranched alkanes of at least 4 members (excludes halogenated alkanes) is 24. The molecule has 0 aromatic carbocycles. The molecule has 426 valence electrons. The molecule has 75 heavy (non-hydrogen) atoms. The van der Waals surface area contributed by atoms with Crippen LogP contribution in [0.25, 0.3) is 0 Å². The predicted octanol–water partition coefficient (Wildman–Crippen LogP) is 21.2. The SMILES string of the molecule is CC/C=C\C/C=C\C/C=C\C/C=C\C/C=C\C/C=C\C/C=C\CCCCCCCC(=O)OCC(COC(=O)CCCCCCC)OC(=O)CCCCCCCCCCCC/C=C\C/C=C\C/C=C\CCCCCCC. The highest BCUT2D eigenvalue weighted by Crippen LogP contribution is 2.15. The van der Waals surface area contributed by atoms with Crippen LogP contribution >= 0.6 is 0 Å². The summed E-state index contributed by atoms with van der Waals surface area (Å²) in [7, 11) is 0. The molecule has 6 heteroatoms. The fourth-order valence-corrected chi connectivity index (χ4v) is 8.31. The lowest BCUT2D eigenvalue weighted by atomic mass is 10.0. The molecule has 0 bridgehead atoms. The summed E-state index contributed by atoms with van der Waals surface area (Å²) in [5, 5.41) is 0. The molecule has 0 saturated carbocycles. The van der Waals surface area contributed by atoms with Crippen LogP contribution < -0.4 is 0 Å². The molecule has 1 atom stereocenters. The Morgan fingerprint density at radius 3 is 0.813 bits per heavy atom. The number of esters is 3. The van der Waals surface area contributed by atoms with E-state index in [-0.39, 0.29) is 31.1 Å². The molecule has 0 aromatic heterocycles. The molecule has 0 radical (unpaired) electrons. The van der Waals surface area contributed by atoms with Crippen molar-refractivity contribution in [1.29, 1.82) is 0 Å². The van der Waals surface area contributed by atoms with Gasteiger partial charge in [-0.2, -0.15) is 0 Å². The summed E-state index contributed by atoms with van der Waals surface area (Å²) in [6.07, 6.45) is 86.7. The molecule has 0 rings (SSSR count). The lowest BCUT2D eigenvalue weighted by molar-refractivity contribution is -0.167. The summed E-state index contributed by atoms with van der Waals surface area (Å²) in [5.74, 6) is -0.926. The summed E-state index contributed by atoms with van der Waals surface area (Å²) in [6, 6.07) is 0. The van der Waals surface area contributed by atoms with Gasteiger partial charge in [-0.3, -0.25) is 14.4 Å². The van der Waals surface area contributed by atoms with Crippen molar-refractivity contribution in [2.45, 2.75) is 284 Å². The summed E-state index contributed by atoms with van der Waals surface area (Å²) >= 11 is 0. The van der Waals surface area contributed by atoms with Crippen molar-refractivity contribution in [2.24, 2.45) is 0 Å². The second-order valence-corrected chi connectivity index (χ2v) is 20.2. The second-order valence-electron chi connectivity index (χ2n) is 20.2. The Labute approximate surface area is 462 Å². The first-order chi connectivity index (χ1) is 37.0. The number of carbonyl (C=O) groups is 3. The molecular formula is C69H114O6. The van der Waals surface area contributed by atoms with Crippen LogP contribution in [0.1, 0.15) is 278 Å². The van der Waals surface area contributed by atoms with Gasteiger partial charge in [0.05, 0.1) is 0 Å². The minimum Gasteiger partial charge on any atom is -0.462 e. The Kier molecular flexibility index (Phi) is 58.9. The van der Waals surface area contributed by atoms with E-state index >= 15 is 0 Å². The van der Waals surface area contributed by atoms with Crippen molar-refractivity contribution in [3.63, 3.8) is 0 Å². The van der Waals surface area contributed by atoms with Crippen LogP contribution in [0.5, 0.6) is 0 Å². The van der Waals surface area contributed by atoms with E-state index in [1.54, 1.807) is 0 Å². The first kappa shape index (κ1) is 70.8. The van der Waals surface area contributed by atoms with Crippen LogP contribution in [0.3, 0.4) is 0 Å². The van der Waals surface area contributed by atoms with E-state index in [1.807, 2.05) is 0 Å². The molecule has 0 spiro atoms. The third-order valence-electron chi connectivity index (χ3n) is 13.0. The van der Waals surface area contributed by atoms with Gasteiger partial charge in [0.15, 0.2) is 6.10 Å². The van der Waals surface area contributed by atoms with E-state index in [9.17, 15) is 14.4 Å². The van der Waals surface area contributed by atoms with Crippen LogP contribution in [0.15, 0.2) is 122 Å². The van der Waals surface area contributed by atoms with Gasteiger partial charge in [-0.15, -0.1) is 0 Å². The monoisotopic (exact) mass is 1040 g/mol. The van der Waals surface area contributed by atoms with Crippen molar-refractivity contribution in [1.82, 2.24) is 0 Å². The fourth-order valence-electron chi connectivity index (χ4n) is 8.31. The third kappa shape index (κ3) is 60.6. The first-order valence-electron chi connectivity index (χ1n) is 31.0. The van der Waals surface area contributed by atoms with Gasteiger partial charge in [-0.25, -0.2) is 0 Å². The molecule has 0 heterocycles. The highest BCUT2D eigenvalue weighted by atomic mass is 16.6. The quantitative estimate of drug-likeness (QED) is 0.0261. The van der Waals surface area contributed by atoms with E-state index in [0.29, 0.717) is 19.3 Å². The number of carbonyl (C=O) groups excluding carboxylic acids is 3. The van der Waals surface area contributed by atoms with Gasteiger partial charge in [0.25, 0.3) is 0 Å². The molecule has 0 aliphatic heterocycles. The maximum atomic E-state index is 12.8. The Bertz CT molecular complexity index is 1570. The van der Waals surface area contributed by atoms with Crippen LogP contribution in [0.2, 0.25) is 0 Å². The highest BCUT2D eigenvalue weighted by molar-refractivity contribution is 5.71. The molecule has 1 unspecified atom stereocenters. The maximum Gasteiger partial charge on any atom is 0.306 e. The third-order valence-corrected chi connectivity index (χ3v) is 13.0. The lowest BCUT2D eigenvalue weighted by Crippen LogP contribution is -2.30. The van der Waals surface area contributed by atoms with Crippen molar-refractivity contribution in [3.05, 3.63) is 122 Å². The van der Waals surface area contributed by atoms with E-state index in [1.165, 1.54) is 96.3 Å². The second kappa shape index (κ2) is 62.4. The Hall–Kier alpha value is -4.19. The van der Waals surface area contributed by atoms with Crippen LogP contribution in [-0.4, -0.2) is 37.2 Å². The molecule has 6 nitrogen and oxygen atoms in total. The van der Waals surface area contributed by atoms with E-state index in [4.69, 9.17) is 14.2 Å². The largest absolute Gasteiger partial charge is 0.462 e. The molecule has 0 aliphatic rings. The summed E-state index contributed by atoms with van der Waals surface area (Å²) in [6.45, 7) is 6.41. The number of hydrogen-bond donors (Lipinski definition) is 0. The molecule has 0 N–H and O–H groups in total. The maximum absolute atomic E-state index is 12.8. The van der Waals surface area contributed by atoms with Crippen molar-refractivity contribution in [2.75, 3.05) is 13.2 Å². The van der Waals surface area contributed by atoms with Crippen molar-refractivity contribution >= 4 is 17.9 Å². The normalized spacial score (nSPS) is 12.9. The minimum atomic E-state index is -0.789. The van der Waals surface area contributed by atoms with Crippen molar-refractivity contribution in [3.8, 4) is 0 Å². The molecule has 0 saturated heterocycles. The average Bonchev–Trinajstić information content (AvgIpc) is 3.41. The first-order valence-corrected chi connectivity index (χ1v) is 31.0. The summed E-state index contributed by atoms with van der Waals surface area (Å²) < 4.78 is 16.7. The van der Waals surface area contributed by atoms with Gasteiger partial charge < -0.3 is 14.2 Å². The van der Waals surface area contributed by atoms with Gasteiger partial charge in [0.1, 0.15) is 13.2 Å². The van der Waals surface area contributed by atoms with Gasteiger partial charge >= 0.3 is 17.9 Å². The lowest BCUT2D eigenvalue weighted by Gasteiger charge is -2.18. The number of allylic oxidation sites excluding steroid dienone is 20. The average molecular weight is 1040 g/mol. The summed E-state index contributed by atoms with van der Waals surface area (Å²) in [4.78, 5) is 37.9. The van der Waals surface area contributed by atoms with Gasteiger partial charge in [0.2, 0.25) is 0 Å². The molecule has 0 fully saturated rings. The van der Waals surface area contributed by atoms with Crippen LogP contribution in [-0.2, 0) is 28.6 Å². The Balaban J connectivity index is 4.15. The zero-order valence-corrected chi connectivity index (χ0v) is 48.8.